The number of likely N-dealkylation sites (tertiary alicyclic amines) is 1. The van der Waals surface area contributed by atoms with E-state index < -0.39 is 6.23 Å². The van der Waals surface area contributed by atoms with Gasteiger partial charge in [-0.25, -0.2) is 4.79 Å². The van der Waals surface area contributed by atoms with E-state index in [1.54, 1.807) is 17.0 Å². The topological polar surface area (TPSA) is 70.7 Å². The number of piperidine rings is 1. The van der Waals surface area contributed by atoms with Gasteiger partial charge in [0.2, 0.25) is 0 Å². The molecule has 140 valence electrons. The Morgan fingerprint density at radius 3 is 2.64 bits per heavy atom. The van der Waals surface area contributed by atoms with Crippen LogP contribution in [0.3, 0.4) is 0 Å². The second-order valence-corrected chi connectivity index (χ2v) is 7.91. The number of halogens is 1. The first-order valence-electron chi connectivity index (χ1n) is 8.74. The zero-order valence-electron chi connectivity index (χ0n) is 14.7. The largest absolute Gasteiger partial charge is 0.430 e. The molecule has 0 radical (unpaired) electrons. The van der Waals surface area contributed by atoms with Crippen LogP contribution in [0.25, 0.3) is 0 Å². The smallest absolute Gasteiger partial charge is 0.411 e. The Balaban J connectivity index is 1.84. The molecule has 1 aromatic rings. The van der Waals surface area contributed by atoms with E-state index in [2.05, 4.69) is 10.6 Å². The minimum absolute atomic E-state index is 0.147. The first kappa shape index (κ1) is 20.0. The van der Waals surface area contributed by atoms with Crippen molar-refractivity contribution < 1.29 is 14.3 Å². The van der Waals surface area contributed by atoms with Gasteiger partial charge in [0.1, 0.15) is 0 Å². The van der Waals surface area contributed by atoms with Crippen molar-refractivity contribution in [2.45, 2.75) is 51.8 Å². The molecular formula is C17H26ClN3O3S. The monoisotopic (exact) mass is 387 g/mol. The van der Waals surface area contributed by atoms with Crippen molar-refractivity contribution >= 4 is 34.9 Å². The molecule has 0 spiro atoms. The number of hydrogen-bond donors (Lipinski definition) is 2. The highest BCUT2D eigenvalue weighted by Gasteiger charge is 2.23. The van der Waals surface area contributed by atoms with Gasteiger partial charge in [-0.3, -0.25) is 10.1 Å². The average Bonchev–Trinajstić information content (AvgIpc) is 3.02. The molecule has 1 aliphatic heterocycles. The number of rotatable bonds is 7. The maximum Gasteiger partial charge on any atom is 0.411 e. The fourth-order valence-corrected chi connectivity index (χ4v) is 3.73. The minimum atomic E-state index is -0.429. The second-order valence-electron chi connectivity index (χ2n) is 6.19. The SMILES string of the molecule is CCNC(C[C@H](C)NC(=O)c1ccc(Cl)s1)OC(=O)N1CCCCC1. The first-order valence-corrected chi connectivity index (χ1v) is 9.94. The summed E-state index contributed by atoms with van der Waals surface area (Å²) < 4.78 is 6.18. The molecule has 2 atom stereocenters. The molecule has 1 aromatic heterocycles. The van der Waals surface area contributed by atoms with Crippen molar-refractivity contribution in [1.82, 2.24) is 15.5 Å². The molecule has 8 heteroatoms. The van der Waals surface area contributed by atoms with E-state index in [1.165, 1.54) is 11.3 Å². The summed E-state index contributed by atoms with van der Waals surface area (Å²) in [6.07, 6.45) is 3.00. The number of nitrogens with one attached hydrogen (secondary N) is 2. The summed E-state index contributed by atoms with van der Waals surface area (Å²) in [7, 11) is 0. The predicted octanol–water partition coefficient (Wildman–Crippen LogP) is 3.47. The van der Waals surface area contributed by atoms with Crippen LogP contribution in [0.4, 0.5) is 4.79 Å². The van der Waals surface area contributed by atoms with Gasteiger partial charge in [0, 0.05) is 25.6 Å². The Kier molecular flexibility index (Phi) is 7.99. The molecule has 1 aliphatic rings. The molecule has 0 aromatic carbocycles. The van der Waals surface area contributed by atoms with Gasteiger partial charge in [0.25, 0.3) is 5.91 Å². The molecule has 2 heterocycles. The number of carbonyl (C=O) groups excluding carboxylic acids is 2. The second kappa shape index (κ2) is 9.99. The van der Waals surface area contributed by atoms with Crippen LogP contribution in [-0.2, 0) is 4.74 Å². The maximum absolute atomic E-state index is 12.3. The molecular weight excluding hydrogens is 362 g/mol. The summed E-state index contributed by atoms with van der Waals surface area (Å²) in [6, 6.07) is 3.26. The van der Waals surface area contributed by atoms with Crippen molar-refractivity contribution in [1.29, 1.82) is 0 Å². The number of carbonyl (C=O) groups is 2. The maximum atomic E-state index is 12.3. The average molecular weight is 388 g/mol. The fraction of sp³-hybridized carbons (Fsp3) is 0.647. The quantitative estimate of drug-likeness (QED) is 0.703. The van der Waals surface area contributed by atoms with Gasteiger partial charge >= 0.3 is 6.09 Å². The van der Waals surface area contributed by atoms with E-state index in [0.29, 0.717) is 22.2 Å². The molecule has 0 bridgehead atoms. The highest BCUT2D eigenvalue weighted by Crippen LogP contribution is 2.21. The van der Waals surface area contributed by atoms with Crippen molar-refractivity contribution in [2.24, 2.45) is 0 Å². The Hall–Kier alpha value is -1.31. The summed E-state index contributed by atoms with van der Waals surface area (Å²) in [5.74, 6) is -0.165. The highest BCUT2D eigenvalue weighted by molar-refractivity contribution is 7.17. The normalized spacial score (nSPS) is 17.0. The number of nitrogens with zero attached hydrogens (tertiary/aromatic N) is 1. The van der Waals surface area contributed by atoms with Gasteiger partial charge in [-0.2, -0.15) is 0 Å². The Morgan fingerprint density at radius 2 is 2.04 bits per heavy atom. The van der Waals surface area contributed by atoms with Crippen molar-refractivity contribution in [3.8, 4) is 0 Å². The van der Waals surface area contributed by atoms with E-state index in [-0.39, 0.29) is 18.0 Å². The van der Waals surface area contributed by atoms with Crippen molar-refractivity contribution in [2.75, 3.05) is 19.6 Å². The van der Waals surface area contributed by atoms with Gasteiger partial charge in [-0.15, -0.1) is 11.3 Å². The molecule has 2 N–H and O–H groups in total. The minimum Gasteiger partial charge on any atom is -0.430 e. The lowest BCUT2D eigenvalue weighted by atomic mass is 10.1. The molecule has 0 aliphatic carbocycles. The molecule has 25 heavy (non-hydrogen) atoms. The zero-order valence-corrected chi connectivity index (χ0v) is 16.3. The van der Waals surface area contributed by atoms with Gasteiger partial charge in [-0.05, 0) is 44.9 Å². The number of amides is 2. The molecule has 0 saturated carbocycles. The summed E-state index contributed by atoms with van der Waals surface area (Å²) in [4.78, 5) is 26.8. The number of thiophene rings is 1. The molecule has 6 nitrogen and oxygen atoms in total. The summed E-state index contributed by atoms with van der Waals surface area (Å²) >= 11 is 7.11. The lowest BCUT2D eigenvalue weighted by Gasteiger charge is -2.29. The van der Waals surface area contributed by atoms with Gasteiger partial charge in [0.15, 0.2) is 6.23 Å². The number of hydrogen-bond acceptors (Lipinski definition) is 5. The van der Waals surface area contributed by atoms with Crippen LogP contribution in [0.15, 0.2) is 12.1 Å². The van der Waals surface area contributed by atoms with Crippen molar-refractivity contribution in [3.05, 3.63) is 21.3 Å². The molecule has 2 amide bonds. The lowest BCUT2D eigenvalue weighted by molar-refractivity contribution is 0.0359. The van der Waals surface area contributed by atoms with E-state index in [9.17, 15) is 9.59 Å². The Labute approximate surface area is 157 Å². The molecule has 1 unspecified atom stereocenters. The van der Waals surface area contributed by atoms with Crippen LogP contribution >= 0.6 is 22.9 Å². The zero-order chi connectivity index (χ0) is 18.2. The van der Waals surface area contributed by atoms with E-state index in [0.717, 1.165) is 32.4 Å². The standard InChI is InChI=1S/C17H26ClN3O3S/c1-3-19-15(24-17(23)21-9-5-4-6-10-21)11-12(2)20-16(22)13-7-8-14(18)25-13/h7-8,12,15,19H,3-6,9-11H2,1-2H3,(H,20,22)/t12-,15?/m0/s1. The Morgan fingerprint density at radius 1 is 1.32 bits per heavy atom. The van der Waals surface area contributed by atoms with Gasteiger partial charge < -0.3 is 15.0 Å². The highest BCUT2D eigenvalue weighted by atomic mass is 35.5. The Bertz CT molecular complexity index is 575. The summed E-state index contributed by atoms with van der Waals surface area (Å²) in [5, 5.41) is 6.08. The van der Waals surface area contributed by atoms with Crippen LogP contribution in [0, 0.1) is 0 Å². The fourth-order valence-electron chi connectivity index (χ4n) is 2.78. The molecule has 1 fully saturated rings. The van der Waals surface area contributed by atoms with Gasteiger partial charge in [-0.1, -0.05) is 18.5 Å². The van der Waals surface area contributed by atoms with E-state index in [4.69, 9.17) is 16.3 Å². The molecule has 1 saturated heterocycles. The molecule has 2 rings (SSSR count). The summed E-state index contributed by atoms with van der Waals surface area (Å²) in [6.45, 7) is 6.04. The third-order valence-electron chi connectivity index (χ3n) is 4.03. The van der Waals surface area contributed by atoms with E-state index in [1.807, 2.05) is 13.8 Å². The first-order chi connectivity index (χ1) is 12.0. The van der Waals surface area contributed by atoms with Crippen LogP contribution in [-0.4, -0.2) is 48.8 Å². The predicted molar refractivity (Wildman–Crippen MR) is 100 cm³/mol. The van der Waals surface area contributed by atoms with Crippen LogP contribution in [0.2, 0.25) is 4.34 Å². The van der Waals surface area contributed by atoms with Gasteiger partial charge in [0.05, 0.1) is 9.21 Å². The third kappa shape index (κ3) is 6.49. The van der Waals surface area contributed by atoms with Crippen LogP contribution < -0.4 is 10.6 Å². The van der Waals surface area contributed by atoms with Crippen LogP contribution in [0.5, 0.6) is 0 Å². The van der Waals surface area contributed by atoms with Crippen molar-refractivity contribution in [3.63, 3.8) is 0 Å². The lowest BCUT2D eigenvalue weighted by Crippen LogP contribution is -2.45. The van der Waals surface area contributed by atoms with E-state index >= 15 is 0 Å². The number of ether oxygens (including phenoxy) is 1. The summed E-state index contributed by atoms with van der Waals surface area (Å²) in [5.41, 5.74) is 0. The van der Waals surface area contributed by atoms with Crippen LogP contribution in [0.1, 0.15) is 49.2 Å². The third-order valence-corrected chi connectivity index (χ3v) is 5.26.